The Balaban J connectivity index is 1.70. The molecule has 1 aliphatic heterocycles. The lowest BCUT2D eigenvalue weighted by atomic mass is 10.0. The summed E-state index contributed by atoms with van der Waals surface area (Å²) in [7, 11) is 0. The molecule has 1 saturated heterocycles. The molecule has 0 aromatic heterocycles. The van der Waals surface area contributed by atoms with Gasteiger partial charge in [-0.15, -0.1) is 0 Å². The van der Waals surface area contributed by atoms with E-state index in [0.29, 0.717) is 10.8 Å². The van der Waals surface area contributed by atoms with E-state index >= 15 is 0 Å². The molecule has 0 saturated carbocycles. The highest BCUT2D eigenvalue weighted by atomic mass is 79.9. The Morgan fingerprint density at radius 2 is 1.85 bits per heavy atom. The fraction of sp³-hybridized carbons (Fsp3) is 0.238. The van der Waals surface area contributed by atoms with Gasteiger partial charge in [0.05, 0.1) is 11.6 Å². The first-order valence-corrected chi connectivity index (χ1v) is 10.3. The van der Waals surface area contributed by atoms with Crippen molar-refractivity contribution >= 4 is 50.6 Å². The van der Waals surface area contributed by atoms with Crippen LogP contribution >= 0.6 is 27.7 Å². The molecule has 1 fully saturated rings. The van der Waals surface area contributed by atoms with Crippen LogP contribution in [-0.4, -0.2) is 22.7 Å². The molecule has 6 heteroatoms. The van der Waals surface area contributed by atoms with Gasteiger partial charge >= 0.3 is 0 Å². The van der Waals surface area contributed by atoms with Crippen molar-refractivity contribution in [2.45, 2.75) is 26.7 Å². The summed E-state index contributed by atoms with van der Waals surface area (Å²) in [6.07, 6.45) is 1.78. The van der Waals surface area contributed by atoms with Crippen LogP contribution in [0.5, 0.6) is 0 Å². The Kier molecular flexibility index (Phi) is 6.07. The van der Waals surface area contributed by atoms with Gasteiger partial charge in [0.25, 0.3) is 11.1 Å². The fourth-order valence-electron chi connectivity index (χ4n) is 2.75. The number of amides is 2. The van der Waals surface area contributed by atoms with E-state index in [0.717, 1.165) is 33.0 Å². The molecule has 2 aromatic carbocycles. The molecular weight excluding hydrogens is 424 g/mol. The van der Waals surface area contributed by atoms with Crippen LogP contribution in [0.2, 0.25) is 0 Å². The average molecular weight is 445 g/mol. The van der Waals surface area contributed by atoms with Crippen molar-refractivity contribution in [1.82, 2.24) is 4.90 Å². The number of nitrogens with zero attached hydrogens (tertiary/aromatic N) is 1. The number of nitrogens with one attached hydrogen (secondary N) is 1. The molecule has 0 unspecified atom stereocenters. The Bertz CT molecular complexity index is 907. The summed E-state index contributed by atoms with van der Waals surface area (Å²) >= 11 is 4.41. The number of aryl methyl sites for hydroxylation is 1. The van der Waals surface area contributed by atoms with Crippen molar-refractivity contribution in [3.63, 3.8) is 0 Å². The van der Waals surface area contributed by atoms with Crippen molar-refractivity contribution in [1.29, 1.82) is 0 Å². The highest BCUT2D eigenvalue weighted by Crippen LogP contribution is 2.32. The second-order valence-electron chi connectivity index (χ2n) is 6.73. The van der Waals surface area contributed by atoms with Gasteiger partial charge < -0.3 is 5.32 Å². The maximum Gasteiger partial charge on any atom is 0.295 e. The molecule has 0 bridgehead atoms. The molecule has 0 spiro atoms. The zero-order valence-corrected chi connectivity index (χ0v) is 17.9. The zero-order chi connectivity index (χ0) is 19.6. The Morgan fingerprint density at radius 1 is 1.15 bits per heavy atom. The third-order valence-electron chi connectivity index (χ3n) is 4.39. The number of carbonyl (C=O) groups excluding carboxylic acids is 2. The monoisotopic (exact) mass is 444 g/mol. The normalized spacial score (nSPS) is 15.9. The van der Waals surface area contributed by atoms with Crippen LogP contribution in [0, 0.1) is 6.92 Å². The Labute approximate surface area is 172 Å². The number of thioether (sulfide) groups is 1. The highest BCUT2D eigenvalue weighted by Gasteiger charge is 2.34. The predicted molar refractivity (Wildman–Crippen MR) is 116 cm³/mol. The van der Waals surface area contributed by atoms with Crippen LogP contribution in [-0.2, 0) is 4.79 Å². The van der Waals surface area contributed by atoms with E-state index in [1.807, 2.05) is 37.3 Å². The van der Waals surface area contributed by atoms with E-state index in [9.17, 15) is 9.59 Å². The first-order chi connectivity index (χ1) is 12.8. The highest BCUT2D eigenvalue weighted by molar-refractivity contribution is 9.10. The molecule has 1 heterocycles. The minimum absolute atomic E-state index is 0.150. The third kappa shape index (κ3) is 4.62. The van der Waals surface area contributed by atoms with Gasteiger partial charge in [0.1, 0.15) is 0 Å². The molecule has 2 aromatic rings. The van der Waals surface area contributed by atoms with Gasteiger partial charge in [-0.25, -0.2) is 0 Å². The summed E-state index contributed by atoms with van der Waals surface area (Å²) in [4.78, 5) is 26.6. The van der Waals surface area contributed by atoms with Crippen LogP contribution in [0.3, 0.4) is 0 Å². The molecule has 3 rings (SSSR count). The summed E-state index contributed by atoms with van der Waals surface area (Å²) in [5.41, 5.74) is 4.10. The minimum Gasteiger partial charge on any atom is -0.367 e. The summed E-state index contributed by atoms with van der Waals surface area (Å²) in [6.45, 7) is 6.40. The number of anilines is 1. The summed E-state index contributed by atoms with van der Waals surface area (Å²) in [6, 6.07) is 13.9. The molecule has 1 N–H and O–H groups in total. The number of imide groups is 1. The van der Waals surface area contributed by atoms with Crippen LogP contribution in [0.4, 0.5) is 10.5 Å². The minimum atomic E-state index is -0.264. The number of hydrogen-bond acceptors (Lipinski definition) is 4. The van der Waals surface area contributed by atoms with E-state index < -0.39 is 0 Å². The predicted octanol–water partition coefficient (Wildman–Crippen LogP) is 5.99. The standard InChI is InChI=1S/C21H21BrN2O2S/c1-13(2)16-6-4-15(5-7-16)11-19-20(25)24(21(26)27-19)12-23-18-9-8-17(22)10-14(18)3/h4-11,13,23H,12H2,1-3H3. The van der Waals surface area contributed by atoms with Crippen molar-refractivity contribution in [3.05, 3.63) is 68.5 Å². The van der Waals surface area contributed by atoms with E-state index in [4.69, 9.17) is 0 Å². The smallest absolute Gasteiger partial charge is 0.295 e. The number of hydrogen-bond donors (Lipinski definition) is 1. The van der Waals surface area contributed by atoms with Crippen LogP contribution < -0.4 is 5.32 Å². The second-order valence-corrected chi connectivity index (χ2v) is 8.63. The third-order valence-corrected chi connectivity index (χ3v) is 5.79. The second kappa shape index (κ2) is 8.31. The lowest BCUT2D eigenvalue weighted by molar-refractivity contribution is -0.122. The molecule has 27 heavy (non-hydrogen) atoms. The van der Waals surface area contributed by atoms with Gasteiger partial charge in [-0.1, -0.05) is 54.0 Å². The summed E-state index contributed by atoms with van der Waals surface area (Å²) in [5.74, 6) is 0.194. The van der Waals surface area contributed by atoms with Gasteiger partial charge in [0.15, 0.2) is 0 Å². The first-order valence-electron chi connectivity index (χ1n) is 8.70. The van der Waals surface area contributed by atoms with Crippen molar-refractivity contribution in [2.75, 3.05) is 12.0 Å². The van der Waals surface area contributed by atoms with Crippen LogP contribution in [0.15, 0.2) is 51.8 Å². The van der Waals surface area contributed by atoms with E-state index in [1.54, 1.807) is 6.08 Å². The lowest BCUT2D eigenvalue weighted by Crippen LogP contribution is -2.33. The van der Waals surface area contributed by atoms with Crippen molar-refractivity contribution in [2.24, 2.45) is 0 Å². The van der Waals surface area contributed by atoms with Gasteiger partial charge in [-0.2, -0.15) is 0 Å². The fourth-order valence-corrected chi connectivity index (χ4v) is 4.07. The number of rotatable bonds is 5. The number of benzene rings is 2. The largest absolute Gasteiger partial charge is 0.367 e. The van der Waals surface area contributed by atoms with E-state index in [2.05, 4.69) is 47.2 Å². The Hall–Kier alpha value is -2.05. The maximum absolute atomic E-state index is 12.6. The zero-order valence-electron chi connectivity index (χ0n) is 15.5. The van der Waals surface area contributed by atoms with Gasteiger partial charge in [0, 0.05) is 10.2 Å². The van der Waals surface area contributed by atoms with Gasteiger partial charge in [0.2, 0.25) is 0 Å². The topological polar surface area (TPSA) is 49.4 Å². The lowest BCUT2D eigenvalue weighted by Gasteiger charge is -2.16. The maximum atomic E-state index is 12.6. The summed E-state index contributed by atoms with van der Waals surface area (Å²) in [5, 5.41) is 2.91. The van der Waals surface area contributed by atoms with Gasteiger partial charge in [-0.3, -0.25) is 14.5 Å². The first kappa shape index (κ1) is 19.7. The molecular formula is C21H21BrN2O2S. The van der Waals surface area contributed by atoms with E-state index in [1.165, 1.54) is 10.5 Å². The molecule has 4 nitrogen and oxygen atoms in total. The molecule has 0 radical (unpaired) electrons. The molecule has 0 aliphatic carbocycles. The average Bonchev–Trinajstić information content (AvgIpc) is 2.88. The number of halogens is 1. The molecule has 140 valence electrons. The van der Waals surface area contributed by atoms with E-state index in [-0.39, 0.29) is 17.8 Å². The van der Waals surface area contributed by atoms with Crippen molar-refractivity contribution < 1.29 is 9.59 Å². The quantitative estimate of drug-likeness (QED) is 0.575. The van der Waals surface area contributed by atoms with Gasteiger partial charge in [-0.05, 0) is 65.6 Å². The summed E-state index contributed by atoms with van der Waals surface area (Å²) < 4.78 is 0.989. The molecule has 0 atom stereocenters. The molecule has 1 aliphatic rings. The SMILES string of the molecule is Cc1cc(Br)ccc1NCN1C(=O)SC(=Cc2ccc(C(C)C)cc2)C1=O. The van der Waals surface area contributed by atoms with Crippen LogP contribution in [0.1, 0.15) is 36.5 Å². The van der Waals surface area contributed by atoms with Crippen molar-refractivity contribution in [3.8, 4) is 0 Å². The number of carbonyl (C=O) groups is 2. The Morgan fingerprint density at radius 3 is 2.48 bits per heavy atom. The van der Waals surface area contributed by atoms with Crippen LogP contribution in [0.25, 0.3) is 6.08 Å². The molecule has 2 amide bonds.